The Bertz CT molecular complexity index is 655. The molecule has 0 aliphatic rings. The lowest BCUT2D eigenvalue weighted by molar-refractivity contribution is -0.137. The van der Waals surface area contributed by atoms with E-state index in [1.807, 2.05) is 0 Å². The van der Waals surface area contributed by atoms with Crippen LogP contribution in [-0.2, 0) is 6.18 Å². The van der Waals surface area contributed by atoms with E-state index in [2.05, 4.69) is 20.6 Å². The Labute approximate surface area is 119 Å². The summed E-state index contributed by atoms with van der Waals surface area (Å²) in [5, 5.41) is 13.4. The van der Waals surface area contributed by atoms with Crippen LogP contribution in [0.15, 0.2) is 29.4 Å². The Morgan fingerprint density at radius 1 is 1.29 bits per heavy atom. The first-order valence-corrected chi connectivity index (χ1v) is 6.07. The van der Waals surface area contributed by atoms with Crippen LogP contribution in [0, 0.1) is 6.92 Å². The van der Waals surface area contributed by atoms with Crippen LogP contribution in [0.1, 0.15) is 23.7 Å². The van der Waals surface area contributed by atoms with Gasteiger partial charge in [0.05, 0.1) is 16.8 Å². The van der Waals surface area contributed by atoms with Crippen molar-refractivity contribution in [1.29, 1.82) is 0 Å². The molecule has 0 radical (unpaired) electrons. The SMILES string of the molecule is C/C(=N/N)c1c(Nc2ccc(C(F)(F)F)cc2)n[nH]c1C. The molecule has 112 valence electrons. The number of H-pyrrole nitrogens is 1. The maximum Gasteiger partial charge on any atom is 0.416 e. The molecule has 0 fully saturated rings. The molecule has 2 rings (SSSR count). The van der Waals surface area contributed by atoms with Gasteiger partial charge in [-0.1, -0.05) is 0 Å². The molecule has 8 heteroatoms. The van der Waals surface area contributed by atoms with E-state index in [4.69, 9.17) is 5.84 Å². The summed E-state index contributed by atoms with van der Waals surface area (Å²) in [5.41, 5.74) is 1.80. The van der Waals surface area contributed by atoms with Gasteiger partial charge < -0.3 is 11.2 Å². The smallest absolute Gasteiger partial charge is 0.338 e. The van der Waals surface area contributed by atoms with Crippen molar-refractivity contribution in [2.45, 2.75) is 20.0 Å². The second-order valence-electron chi connectivity index (χ2n) is 4.49. The molecule has 4 N–H and O–H groups in total. The third-order valence-electron chi connectivity index (χ3n) is 2.98. The van der Waals surface area contributed by atoms with Crippen LogP contribution in [0.5, 0.6) is 0 Å². The van der Waals surface area contributed by atoms with Crippen LogP contribution in [0.3, 0.4) is 0 Å². The number of hydrazone groups is 1. The van der Waals surface area contributed by atoms with Gasteiger partial charge in [0.1, 0.15) is 0 Å². The first kappa shape index (κ1) is 14.9. The Morgan fingerprint density at radius 2 is 1.90 bits per heavy atom. The predicted octanol–water partition coefficient (Wildman–Crippen LogP) is 3.16. The molecule has 1 aromatic heterocycles. The highest BCUT2D eigenvalue weighted by Crippen LogP contribution is 2.30. The molecular formula is C13H14F3N5. The van der Waals surface area contributed by atoms with Gasteiger partial charge in [-0.25, -0.2) is 0 Å². The molecule has 21 heavy (non-hydrogen) atoms. The minimum atomic E-state index is -4.35. The predicted molar refractivity (Wildman–Crippen MR) is 74.4 cm³/mol. The van der Waals surface area contributed by atoms with E-state index >= 15 is 0 Å². The quantitative estimate of drug-likeness (QED) is 0.462. The van der Waals surface area contributed by atoms with Gasteiger partial charge in [0, 0.05) is 11.4 Å². The normalized spacial score (nSPS) is 12.5. The molecule has 0 bridgehead atoms. The largest absolute Gasteiger partial charge is 0.416 e. The number of halogens is 3. The van der Waals surface area contributed by atoms with E-state index in [0.29, 0.717) is 22.8 Å². The van der Waals surface area contributed by atoms with E-state index < -0.39 is 11.7 Å². The third-order valence-corrected chi connectivity index (χ3v) is 2.98. The molecule has 0 aliphatic heterocycles. The van der Waals surface area contributed by atoms with Gasteiger partial charge in [0.15, 0.2) is 5.82 Å². The van der Waals surface area contributed by atoms with Crippen molar-refractivity contribution in [2.24, 2.45) is 10.9 Å². The zero-order chi connectivity index (χ0) is 15.6. The number of aromatic nitrogens is 2. The summed E-state index contributed by atoms with van der Waals surface area (Å²) in [6, 6.07) is 4.69. The van der Waals surface area contributed by atoms with Crippen LogP contribution in [0.25, 0.3) is 0 Å². The van der Waals surface area contributed by atoms with Gasteiger partial charge in [0.25, 0.3) is 0 Å². The third kappa shape index (κ3) is 3.15. The number of anilines is 2. The lowest BCUT2D eigenvalue weighted by atomic mass is 10.1. The Hall–Kier alpha value is -2.51. The summed E-state index contributed by atoms with van der Waals surface area (Å²) in [7, 11) is 0. The molecule has 0 unspecified atom stereocenters. The van der Waals surface area contributed by atoms with Crippen LogP contribution in [0.4, 0.5) is 24.7 Å². The van der Waals surface area contributed by atoms with Crippen molar-refractivity contribution in [2.75, 3.05) is 5.32 Å². The number of rotatable bonds is 3. The summed E-state index contributed by atoms with van der Waals surface area (Å²) < 4.78 is 37.5. The second-order valence-corrected chi connectivity index (χ2v) is 4.49. The fourth-order valence-corrected chi connectivity index (χ4v) is 1.91. The average Bonchev–Trinajstić information content (AvgIpc) is 2.78. The Balaban J connectivity index is 2.27. The number of nitrogens with zero attached hydrogens (tertiary/aromatic N) is 2. The van der Waals surface area contributed by atoms with Gasteiger partial charge in [-0.15, -0.1) is 0 Å². The number of aromatic amines is 1. The second kappa shape index (κ2) is 5.47. The average molecular weight is 297 g/mol. The minimum absolute atomic E-state index is 0.457. The molecule has 0 saturated heterocycles. The van der Waals surface area contributed by atoms with Crippen molar-refractivity contribution < 1.29 is 13.2 Å². The lowest BCUT2D eigenvalue weighted by Gasteiger charge is -2.09. The maximum atomic E-state index is 12.5. The van der Waals surface area contributed by atoms with Gasteiger partial charge in [-0.3, -0.25) is 5.10 Å². The van der Waals surface area contributed by atoms with Gasteiger partial charge in [-0.05, 0) is 38.1 Å². The maximum absolute atomic E-state index is 12.5. The fraction of sp³-hybridized carbons (Fsp3) is 0.231. The summed E-state index contributed by atoms with van der Waals surface area (Å²) >= 11 is 0. The van der Waals surface area contributed by atoms with E-state index in [9.17, 15) is 13.2 Å². The number of aryl methyl sites for hydroxylation is 1. The molecule has 0 aliphatic carbocycles. The molecule has 0 atom stereocenters. The minimum Gasteiger partial charge on any atom is -0.338 e. The standard InChI is InChI=1S/C13H14F3N5/c1-7(19-17)11-8(2)20-21-12(11)18-10-5-3-9(4-6-10)13(14,15)16/h3-6H,17H2,1-2H3,(H2,18,20,21)/b19-7-. The van der Waals surface area contributed by atoms with E-state index in [-0.39, 0.29) is 0 Å². The lowest BCUT2D eigenvalue weighted by Crippen LogP contribution is -2.05. The summed E-state index contributed by atoms with van der Waals surface area (Å²) in [6.07, 6.45) is -4.35. The number of nitrogens with two attached hydrogens (primary N) is 1. The number of nitrogens with one attached hydrogen (secondary N) is 2. The fourth-order valence-electron chi connectivity index (χ4n) is 1.91. The molecule has 2 aromatic rings. The van der Waals surface area contributed by atoms with E-state index in [1.165, 1.54) is 12.1 Å². The summed E-state index contributed by atoms with van der Waals surface area (Å²) in [6.45, 7) is 3.52. The molecule has 0 saturated carbocycles. The van der Waals surface area contributed by atoms with E-state index in [0.717, 1.165) is 17.8 Å². The molecule has 1 aromatic carbocycles. The van der Waals surface area contributed by atoms with Crippen LogP contribution >= 0.6 is 0 Å². The van der Waals surface area contributed by atoms with Crippen molar-refractivity contribution in [3.63, 3.8) is 0 Å². The van der Waals surface area contributed by atoms with Gasteiger partial charge in [-0.2, -0.15) is 23.4 Å². The van der Waals surface area contributed by atoms with Gasteiger partial charge in [0.2, 0.25) is 0 Å². The first-order chi connectivity index (χ1) is 9.82. The van der Waals surface area contributed by atoms with Crippen molar-refractivity contribution in [1.82, 2.24) is 10.2 Å². The van der Waals surface area contributed by atoms with Gasteiger partial charge >= 0.3 is 6.18 Å². The first-order valence-electron chi connectivity index (χ1n) is 6.07. The zero-order valence-electron chi connectivity index (χ0n) is 11.4. The number of hydrogen-bond donors (Lipinski definition) is 3. The summed E-state index contributed by atoms with van der Waals surface area (Å²) in [4.78, 5) is 0. The summed E-state index contributed by atoms with van der Waals surface area (Å²) in [5.74, 6) is 5.71. The monoisotopic (exact) mass is 297 g/mol. The zero-order valence-corrected chi connectivity index (χ0v) is 11.4. The molecule has 0 spiro atoms. The van der Waals surface area contributed by atoms with E-state index in [1.54, 1.807) is 13.8 Å². The number of hydrogen-bond acceptors (Lipinski definition) is 4. The van der Waals surface area contributed by atoms with Crippen LogP contribution in [0.2, 0.25) is 0 Å². The van der Waals surface area contributed by atoms with Crippen molar-refractivity contribution in [3.05, 3.63) is 41.1 Å². The molecule has 5 nitrogen and oxygen atoms in total. The van der Waals surface area contributed by atoms with Crippen molar-refractivity contribution >= 4 is 17.2 Å². The topological polar surface area (TPSA) is 79.1 Å². The Morgan fingerprint density at radius 3 is 2.43 bits per heavy atom. The van der Waals surface area contributed by atoms with Crippen molar-refractivity contribution in [3.8, 4) is 0 Å². The molecular weight excluding hydrogens is 283 g/mol. The highest BCUT2D eigenvalue weighted by atomic mass is 19.4. The number of alkyl halides is 3. The Kier molecular flexibility index (Phi) is 3.88. The molecule has 0 amide bonds. The highest BCUT2D eigenvalue weighted by molar-refractivity contribution is 6.04. The highest BCUT2D eigenvalue weighted by Gasteiger charge is 2.30. The molecule has 1 heterocycles. The van der Waals surface area contributed by atoms with Crippen LogP contribution in [-0.4, -0.2) is 15.9 Å². The number of benzene rings is 1. The van der Waals surface area contributed by atoms with Crippen LogP contribution < -0.4 is 11.2 Å².